The van der Waals surface area contributed by atoms with E-state index in [0.717, 1.165) is 19.5 Å². The van der Waals surface area contributed by atoms with Crippen molar-refractivity contribution < 1.29 is 14.3 Å². The fraction of sp³-hybridized carbons (Fsp3) is 0.769. The summed E-state index contributed by atoms with van der Waals surface area (Å²) in [5.74, 6) is 0.182. The lowest BCUT2D eigenvalue weighted by atomic mass is 10.0. The van der Waals surface area contributed by atoms with Gasteiger partial charge >= 0.3 is 0 Å². The molecule has 5 heteroatoms. The van der Waals surface area contributed by atoms with E-state index in [2.05, 4.69) is 11.9 Å². The summed E-state index contributed by atoms with van der Waals surface area (Å²) in [5, 5.41) is 3.31. The summed E-state index contributed by atoms with van der Waals surface area (Å²) in [6, 6.07) is 0. The molecule has 2 aliphatic rings. The van der Waals surface area contributed by atoms with Crippen molar-refractivity contribution in [3.8, 4) is 0 Å². The maximum absolute atomic E-state index is 12.0. The molecule has 2 heterocycles. The van der Waals surface area contributed by atoms with Crippen LogP contribution in [-0.4, -0.2) is 62.4 Å². The molecule has 1 N–H and O–H groups in total. The van der Waals surface area contributed by atoms with Crippen molar-refractivity contribution in [3.63, 3.8) is 0 Å². The minimum atomic E-state index is -0.363. The van der Waals surface area contributed by atoms with Crippen LogP contribution in [0.1, 0.15) is 12.8 Å². The Hall–Kier alpha value is -0.910. The van der Waals surface area contributed by atoms with Crippen LogP contribution in [0.15, 0.2) is 12.7 Å². The third-order valence-electron chi connectivity index (χ3n) is 3.40. The van der Waals surface area contributed by atoms with Crippen LogP contribution in [0.4, 0.5) is 0 Å². The van der Waals surface area contributed by atoms with Crippen LogP contribution >= 0.6 is 0 Å². The molecular weight excluding hydrogens is 232 g/mol. The van der Waals surface area contributed by atoms with E-state index in [1.807, 2.05) is 4.90 Å². The third kappa shape index (κ3) is 3.31. The Morgan fingerprint density at radius 2 is 2.39 bits per heavy atom. The van der Waals surface area contributed by atoms with Crippen molar-refractivity contribution >= 4 is 5.91 Å². The first kappa shape index (κ1) is 13.5. The highest BCUT2D eigenvalue weighted by Gasteiger charge is 2.39. The summed E-state index contributed by atoms with van der Waals surface area (Å²) in [6.45, 7) is 8.39. The van der Waals surface area contributed by atoms with Crippen LogP contribution in [0.25, 0.3) is 0 Å². The molecule has 1 amide bonds. The van der Waals surface area contributed by atoms with Gasteiger partial charge in [-0.15, -0.1) is 6.58 Å². The number of morpholine rings is 1. The zero-order chi connectivity index (χ0) is 12.8. The second-order valence-electron chi connectivity index (χ2n) is 4.90. The lowest BCUT2D eigenvalue weighted by molar-refractivity contribution is -0.158. The Morgan fingerprint density at radius 1 is 1.50 bits per heavy atom. The number of carbonyl (C=O) groups excluding carboxylic acids is 1. The number of amides is 1. The molecule has 0 aromatic heterocycles. The quantitative estimate of drug-likeness (QED) is 0.730. The van der Waals surface area contributed by atoms with E-state index in [9.17, 15) is 4.79 Å². The lowest BCUT2D eigenvalue weighted by Crippen LogP contribution is -2.59. The highest BCUT2D eigenvalue weighted by molar-refractivity contribution is 5.76. The monoisotopic (exact) mass is 254 g/mol. The van der Waals surface area contributed by atoms with Crippen LogP contribution in [0.5, 0.6) is 0 Å². The van der Waals surface area contributed by atoms with E-state index >= 15 is 0 Å². The van der Waals surface area contributed by atoms with Crippen LogP contribution < -0.4 is 5.32 Å². The molecule has 1 spiro atoms. The van der Waals surface area contributed by atoms with Crippen molar-refractivity contribution in [1.82, 2.24) is 10.2 Å². The van der Waals surface area contributed by atoms with Crippen LogP contribution in [-0.2, 0) is 14.3 Å². The topological polar surface area (TPSA) is 50.8 Å². The van der Waals surface area contributed by atoms with Crippen LogP contribution in [0.2, 0.25) is 0 Å². The van der Waals surface area contributed by atoms with Gasteiger partial charge in [0.15, 0.2) is 0 Å². The average molecular weight is 254 g/mol. The molecule has 0 aromatic carbocycles. The van der Waals surface area contributed by atoms with E-state index in [1.54, 1.807) is 6.08 Å². The number of hydrogen-bond acceptors (Lipinski definition) is 4. The number of carbonyl (C=O) groups is 1. The predicted octanol–water partition coefficient (Wildman–Crippen LogP) is 0.170. The molecule has 1 atom stereocenters. The summed E-state index contributed by atoms with van der Waals surface area (Å²) in [4.78, 5) is 13.9. The van der Waals surface area contributed by atoms with Crippen molar-refractivity contribution in [3.05, 3.63) is 12.7 Å². The van der Waals surface area contributed by atoms with Crippen LogP contribution in [0.3, 0.4) is 0 Å². The molecule has 2 rings (SSSR count). The Labute approximate surface area is 108 Å². The Morgan fingerprint density at radius 3 is 3.22 bits per heavy atom. The molecule has 0 saturated carbocycles. The number of rotatable bonds is 3. The normalized spacial score (nSPS) is 29.0. The third-order valence-corrected chi connectivity index (χ3v) is 3.40. The molecule has 0 unspecified atom stereocenters. The summed E-state index contributed by atoms with van der Waals surface area (Å²) in [5.41, 5.74) is -0.363. The Kier molecular flexibility index (Phi) is 4.74. The average Bonchev–Trinajstić information content (AvgIpc) is 2.62. The van der Waals surface area contributed by atoms with E-state index < -0.39 is 0 Å². The van der Waals surface area contributed by atoms with Gasteiger partial charge < -0.3 is 19.7 Å². The highest BCUT2D eigenvalue weighted by Crippen LogP contribution is 2.20. The molecule has 0 radical (unpaired) electrons. The predicted molar refractivity (Wildman–Crippen MR) is 68.4 cm³/mol. The molecule has 2 aliphatic heterocycles. The molecular formula is C13H22N2O3. The molecule has 18 heavy (non-hydrogen) atoms. The zero-order valence-corrected chi connectivity index (χ0v) is 10.8. The van der Waals surface area contributed by atoms with E-state index in [1.165, 1.54) is 0 Å². The van der Waals surface area contributed by atoms with Crippen molar-refractivity contribution in [1.29, 1.82) is 0 Å². The van der Waals surface area contributed by atoms with E-state index in [0.29, 0.717) is 39.3 Å². The second kappa shape index (κ2) is 6.31. The molecule has 0 bridgehead atoms. The maximum atomic E-state index is 12.0. The summed E-state index contributed by atoms with van der Waals surface area (Å²) >= 11 is 0. The number of nitrogens with zero attached hydrogens (tertiary/aromatic N) is 1. The van der Waals surface area contributed by atoms with E-state index in [4.69, 9.17) is 9.47 Å². The maximum Gasteiger partial charge on any atom is 0.223 e. The Balaban J connectivity index is 1.94. The number of hydrogen-bond donors (Lipinski definition) is 1. The van der Waals surface area contributed by atoms with Gasteiger partial charge in [0.05, 0.1) is 26.4 Å². The molecule has 2 saturated heterocycles. The lowest BCUT2D eigenvalue weighted by Gasteiger charge is -2.41. The van der Waals surface area contributed by atoms with Gasteiger partial charge in [0.25, 0.3) is 0 Å². The fourth-order valence-corrected chi connectivity index (χ4v) is 2.41. The fourth-order valence-electron chi connectivity index (χ4n) is 2.41. The summed E-state index contributed by atoms with van der Waals surface area (Å²) < 4.78 is 11.4. The first-order chi connectivity index (χ1) is 8.76. The molecule has 5 nitrogen and oxygen atoms in total. The molecule has 2 fully saturated rings. The van der Waals surface area contributed by atoms with Gasteiger partial charge in [-0.3, -0.25) is 4.79 Å². The standard InChI is InChI=1S/C13H22N2O3/c1-2-3-4-12(16)15-6-8-18-13(10-15)9-14-5-7-17-11-13/h2,14H,1,3-11H2/t13-/m0/s1. The van der Waals surface area contributed by atoms with Gasteiger partial charge in [-0.1, -0.05) is 6.08 Å². The van der Waals surface area contributed by atoms with Gasteiger partial charge in [0, 0.05) is 26.1 Å². The first-order valence-electron chi connectivity index (χ1n) is 6.57. The molecule has 0 aliphatic carbocycles. The molecule has 0 aromatic rings. The smallest absolute Gasteiger partial charge is 0.223 e. The Bertz CT molecular complexity index is 299. The largest absolute Gasteiger partial charge is 0.377 e. The summed E-state index contributed by atoms with van der Waals surface area (Å²) in [7, 11) is 0. The van der Waals surface area contributed by atoms with E-state index in [-0.39, 0.29) is 11.5 Å². The molecule has 102 valence electrons. The van der Waals surface area contributed by atoms with Gasteiger partial charge in [-0.25, -0.2) is 0 Å². The van der Waals surface area contributed by atoms with Crippen molar-refractivity contribution in [2.45, 2.75) is 18.4 Å². The number of ether oxygens (including phenoxy) is 2. The SMILES string of the molecule is C=CCCC(=O)N1CCO[C@@]2(CNCCOC2)C1. The zero-order valence-electron chi connectivity index (χ0n) is 10.8. The number of allylic oxidation sites excluding steroid dienone is 1. The van der Waals surface area contributed by atoms with Crippen LogP contribution in [0, 0.1) is 0 Å². The van der Waals surface area contributed by atoms with Gasteiger partial charge in [0.1, 0.15) is 5.60 Å². The minimum absolute atomic E-state index is 0.182. The van der Waals surface area contributed by atoms with Gasteiger partial charge in [0.2, 0.25) is 5.91 Å². The highest BCUT2D eigenvalue weighted by atomic mass is 16.5. The first-order valence-corrected chi connectivity index (χ1v) is 6.57. The summed E-state index contributed by atoms with van der Waals surface area (Å²) in [6.07, 6.45) is 3.05. The van der Waals surface area contributed by atoms with Crippen molar-refractivity contribution in [2.75, 3.05) is 46.0 Å². The van der Waals surface area contributed by atoms with Gasteiger partial charge in [-0.2, -0.15) is 0 Å². The minimum Gasteiger partial charge on any atom is -0.377 e. The number of nitrogens with one attached hydrogen (secondary N) is 1. The second-order valence-corrected chi connectivity index (χ2v) is 4.90. The van der Waals surface area contributed by atoms with Crippen molar-refractivity contribution in [2.24, 2.45) is 0 Å². The van der Waals surface area contributed by atoms with Gasteiger partial charge in [-0.05, 0) is 6.42 Å².